The highest BCUT2D eigenvalue weighted by atomic mass is 16.5. The summed E-state index contributed by atoms with van der Waals surface area (Å²) in [5.74, 6) is 0.328. The highest BCUT2D eigenvalue weighted by molar-refractivity contribution is 6.46. The van der Waals surface area contributed by atoms with Crippen LogP contribution in [0.3, 0.4) is 0 Å². The molecular formula is C33H31NO7. The topological polar surface area (TPSA) is 98.4 Å². The van der Waals surface area contributed by atoms with Crippen molar-refractivity contribution in [3.63, 3.8) is 0 Å². The first kappa shape index (κ1) is 27.6. The Morgan fingerprint density at radius 2 is 1.61 bits per heavy atom. The van der Waals surface area contributed by atoms with Gasteiger partial charge in [0.05, 0.1) is 37.6 Å². The zero-order valence-electron chi connectivity index (χ0n) is 22.9. The lowest BCUT2D eigenvalue weighted by Gasteiger charge is -2.25. The Morgan fingerprint density at radius 1 is 0.854 bits per heavy atom. The molecule has 8 nitrogen and oxygen atoms in total. The molecule has 1 aromatic heterocycles. The van der Waals surface area contributed by atoms with Crippen molar-refractivity contribution in [2.45, 2.75) is 33.0 Å². The second kappa shape index (κ2) is 12.5. The Labute approximate surface area is 238 Å². The summed E-state index contributed by atoms with van der Waals surface area (Å²) in [6, 6.07) is 24.3. The number of ketones is 1. The van der Waals surface area contributed by atoms with Crippen molar-refractivity contribution in [3.05, 3.63) is 119 Å². The lowest BCUT2D eigenvalue weighted by molar-refractivity contribution is -0.140. The maximum absolute atomic E-state index is 13.4. The molecule has 0 saturated carbocycles. The molecule has 8 heteroatoms. The number of aliphatic hydroxyl groups is 1. The number of likely N-dealkylation sites (tertiary alicyclic amines) is 1. The predicted octanol–water partition coefficient (Wildman–Crippen LogP) is 6.28. The third-order valence-corrected chi connectivity index (χ3v) is 6.71. The highest BCUT2D eigenvalue weighted by Gasteiger charge is 2.46. The molecule has 1 N–H and O–H groups in total. The quantitative estimate of drug-likeness (QED) is 0.133. The average molecular weight is 554 g/mol. The molecule has 0 aliphatic carbocycles. The van der Waals surface area contributed by atoms with Gasteiger partial charge in [0.2, 0.25) is 0 Å². The van der Waals surface area contributed by atoms with E-state index in [1.807, 2.05) is 44.2 Å². The third kappa shape index (κ3) is 5.96. The van der Waals surface area contributed by atoms with Gasteiger partial charge in [-0.05, 0) is 73.5 Å². The first-order chi connectivity index (χ1) is 20.0. The van der Waals surface area contributed by atoms with Crippen molar-refractivity contribution >= 4 is 17.4 Å². The molecule has 0 spiro atoms. The van der Waals surface area contributed by atoms with E-state index in [2.05, 4.69) is 0 Å². The second-order valence-electron chi connectivity index (χ2n) is 9.38. The summed E-state index contributed by atoms with van der Waals surface area (Å²) in [6.45, 7) is 5.00. The largest absolute Gasteiger partial charge is 0.507 e. The standard InChI is InChI=1S/C33H31NO7/c1-3-38-25-15-12-23(13-16-25)31(35)29-30(34(33(37)32(29)36)20-26-11-8-18-40-26)24-14-17-27(28(19-24)39-4-2)41-21-22-9-6-5-7-10-22/h5-19,30,35H,3-4,20-21H2,1-2H3. The van der Waals surface area contributed by atoms with E-state index in [1.165, 1.54) is 11.2 Å². The van der Waals surface area contributed by atoms with Gasteiger partial charge < -0.3 is 28.6 Å². The molecule has 210 valence electrons. The summed E-state index contributed by atoms with van der Waals surface area (Å²) in [6.07, 6.45) is 1.51. The van der Waals surface area contributed by atoms with Crippen molar-refractivity contribution in [1.29, 1.82) is 0 Å². The van der Waals surface area contributed by atoms with Gasteiger partial charge in [-0.25, -0.2) is 0 Å². The molecule has 1 saturated heterocycles. The molecule has 1 aliphatic heterocycles. The zero-order valence-corrected chi connectivity index (χ0v) is 22.9. The van der Waals surface area contributed by atoms with Crippen LogP contribution in [-0.2, 0) is 22.7 Å². The first-order valence-corrected chi connectivity index (χ1v) is 13.5. The van der Waals surface area contributed by atoms with E-state index in [4.69, 9.17) is 18.6 Å². The van der Waals surface area contributed by atoms with Gasteiger partial charge in [-0.2, -0.15) is 0 Å². The molecule has 1 amide bonds. The van der Waals surface area contributed by atoms with Gasteiger partial charge in [0, 0.05) is 5.56 Å². The Kier molecular flexibility index (Phi) is 8.39. The van der Waals surface area contributed by atoms with E-state index in [0.717, 1.165) is 5.56 Å². The van der Waals surface area contributed by atoms with E-state index in [-0.39, 0.29) is 17.9 Å². The molecule has 1 atom stereocenters. The normalized spacial score (nSPS) is 16.1. The van der Waals surface area contributed by atoms with Gasteiger partial charge >= 0.3 is 0 Å². The monoisotopic (exact) mass is 553 g/mol. The molecule has 41 heavy (non-hydrogen) atoms. The minimum Gasteiger partial charge on any atom is -0.507 e. The second-order valence-corrected chi connectivity index (χ2v) is 9.38. The Bertz CT molecular complexity index is 1530. The summed E-state index contributed by atoms with van der Waals surface area (Å²) in [4.78, 5) is 28.2. The van der Waals surface area contributed by atoms with E-state index in [1.54, 1.807) is 54.6 Å². The van der Waals surface area contributed by atoms with Crippen molar-refractivity contribution < 1.29 is 33.3 Å². The third-order valence-electron chi connectivity index (χ3n) is 6.71. The number of amides is 1. The molecule has 1 aliphatic rings. The van der Waals surface area contributed by atoms with E-state index in [0.29, 0.717) is 54.0 Å². The molecule has 1 unspecified atom stereocenters. The number of carbonyl (C=O) groups is 2. The minimum absolute atomic E-state index is 0.0221. The zero-order chi connectivity index (χ0) is 28.8. The van der Waals surface area contributed by atoms with Gasteiger partial charge in [-0.1, -0.05) is 36.4 Å². The molecule has 2 heterocycles. The number of aliphatic hydroxyl groups excluding tert-OH is 1. The number of rotatable bonds is 11. The number of furan rings is 1. The number of hydrogen-bond donors (Lipinski definition) is 1. The Hall–Kier alpha value is -4.98. The Morgan fingerprint density at radius 3 is 2.29 bits per heavy atom. The molecule has 1 fully saturated rings. The number of carbonyl (C=O) groups excluding carboxylic acids is 2. The molecule has 5 rings (SSSR count). The number of Topliss-reactive ketones (excluding diaryl/α,β-unsaturated/α-hetero) is 1. The number of ether oxygens (including phenoxy) is 3. The lowest BCUT2D eigenvalue weighted by Crippen LogP contribution is -2.29. The van der Waals surface area contributed by atoms with E-state index >= 15 is 0 Å². The van der Waals surface area contributed by atoms with Gasteiger partial charge in [0.15, 0.2) is 11.5 Å². The summed E-state index contributed by atoms with van der Waals surface area (Å²) in [5.41, 5.74) is 1.95. The van der Waals surface area contributed by atoms with Gasteiger partial charge in [0.25, 0.3) is 11.7 Å². The SMILES string of the molecule is CCOc1ccc(C(O)=C2C(=O)C(=O)N(Cc3ccco3)C2c2ccc(OCc3ccccc3)c(OCC)c2)cc1. The fraction of sp³-hybridized carbons (Fsp3) is 0.212. The predicted molar refractivity (Wildman–Crippen MR) is 153 cm³/mol. The van der Waals surface area contributed by atoms with Crippen LogP contribution in [0.4, 0.5) is 0 Å². The van der Waals surface area contributed by atoms with Gasteiger partial charge in [0.1, 0.15) is 23.9 Å². The van der Waals surface area contributed by atoms with Gasteiger partial charge in [-0.3, -0.25) is 9.59 Å². The molecule has 0 bridgehead atoms. The van der Waals surface area contributed by atoms with Crippen LogP contribution in [0.1, 0.15) is 42.3 Å². The molecule has 0 radical (unpaired) electrons. The van der Waals surface area contributed by atoms with E-state index in [9.17, 15) is 14.7 Å². The maximum atomic E-state index is 13.4. The summed E-state index contributed by atoms with van der Waals surface area (Å²) in [5, 5.41) is 11.4. The van der Waals surface area contributed by atoms with Crippen LogP contribution in [0.15, 0.2) is 101 Å². The fourth-order valence-electron chi connectivity index (χ4n) is 4.81. The van der Waals surface area contributed by atoms with Crippen LogP contribution in [0.2, 0.25) is 0 Å². The van der Waals surface area contributed by atoms with Crippen molar-refractivity contribution in [1.82, 2.24) is 4.90 Å². The van der Waals surface area contributed by atoms with Crippen molar-refractivity contribution in [2.75, 3.05) is 13.2 Å². The van der Waals surface area contributed by atoms with Crippen LogP contribution >= 0.6 is 0 Å². The van der Waals surface area contributed by atoms with Crippen LogP contribution in [0, 0.1) is 0 Å². The molecule has 3 aromatic carbocycles. The fourth-order valence-corrected chi connectivity index (χ4v) is 4.81. The average Bonchev–Trinajstić information content (AvgIpc) is 3.60. The summed E-state index contributed by atoms with van der Waals surface area (Å²) >= 11 is 0. The van der Waals surface area contributed by atoms with Gasteiger partial charge in [-0.15, -0.1) is 0 Å². The number of benzene rings is 3. The summed E-state index contributed by atoms with van der Waals surface area (Å²) in [7, 11) is 0. The lowest BCUT2D eigenvalue weighted by atomic mass is 9.95. The molecular weight excluding hydrogens is 522 g/mol. The van der Waals surface area contributed by atoms with Crippen molar-refractivity contribution in [2.24, 2.45) is 0 Å². The Balaban J connectivity index is 1.56. The highest BCUT2D eigenvalue weighted by Crippen LogP contribution is 2.43. The van der Waals surface area contributed by atoms with E-state index < -0.39 is 17.7 Å². The minimum atomic E-state index is -0.894. The summed E-state index contributed by atoms with van der Waals surface area (Å²) < 4.78 is 23.0. The number of hydrogen-bond acceptors (Lipinski definition) is 7. The van der Waals surface area contributed by atoms with Crippen LogP contribution < -0.4 is 14.2 Å². The van der Waals surface area contributed by atoms with Crippen LogP contribution in [-0.4, -0.2) is 34.9 Å². The smallest absolute Gasteiger partial charge is 0.296 e. The maximum Gasteiger partial charge on any atom is 0.296 e. The molecule has 4 aromatic rings. The van der Waals surface area contributed by atoms with Crippen LogP contribution in [0.5, 0.6) is 17.2 Å². The van der Waals surface area contributed by atoms with Crippen molar-refractivity contribution in [3.8, 4) is 17.2 Å². The first-order valence-electron chi connectivity index (χ1n) is 13.5. The number of nitrogens with zero attached hydrogens (tertiary/aromatic N) is 1. The van der Waals surface area contributed by atoms with Crippen LogP contribution in [0.25, 0.3) is 5.76 Å².